The van der Waals surface area contributed by atoms with Crippen molar-refractivity contribution in [3.8, 4) is 0 Å². The third-order valence-electron chi connectivity index (χ3n) is 4.19. The molecule has 2 heterocycles. The maximum atomic E-state index is 3.42. The molecule has 1 saturated heterocycles. The van der Waals surface area contributed by atoms with E-state index in [-0.39, 0.29) is 0 Å². The van der Waals surface area contributed by atoms with E-state index in [0.717, 1.165) is 26.2 Å². The molecule has 1 aromatic heterocycles. The molecule has 0 radical (unpaired) electrons. The number of hydrogen-bond donors (Lipinski definition) is 1. The van der Waals surface area contributed by atoms with Crippen LogP contribution < -0.4 is 5.32 Å². The summed E-state index contributed by atoms with van der Waals surface area (Å²) in [5, 5.41) is 3.42. The van der Waals surface area contributed by atoms with Gasteiger partial charge in [0.25, 0.3) is 0 Å². The lowest BCUT2D eigenvalue weighted by Crippen LogP contribution is -2.44. The van der Waals surface area contributed by atoms with Crippen LogP contribution >= 0.6 is 0 Å². The van der Waals surface area contributed by atoms with E-state index >= 15 is 0 Å². The topological polar surface area (TPSA) is 20.2 Å². The number of rotatable bonds is 3. The fourth-order valence-electron chi connectivity index (χ4n) is 3.29. The normalized spacial score (nSPS) is 19.4. The Bertz CT molecular complexity index is 400. The van der Waals surface area contributed by atoms with Gasteiger partial charge in [-0.2, -0.15) is 0 Å². The second kappa shape index (κ2) is 5.45. The molecular formula is C15H27N3. The molecule has 0 bridgehead atoms. The maximum Gasteiger partial charge on any atom is 0.0338 e. The number of piperazine rings is 1. The summed E-state index contributed by atoms with van der Waals surface area (Å²) < 4.78 is 2.45. The molecule has 0 saturated carbocycles. The van der Waals surface area contributed by atoms with E-state index in [4.69, 9.17) is 0 Å². The second-order valence-electron chi connectivity index (χ2n) is 5.75. The fourth-order valence-corrected chi connectivity index (χ4v) is 3.29. The lowest BCUT2D eigenvalue weighted by Gasteiger charge is -2.33. The molecular weight excluding hydrogens is 222 g/mol. The predicted octanol–water partition coefficient (Wildman–Crippen LogP) is 2.65. The minimum Gasteiger partial charge on any atom is -0.346 e. The van der Waals surface area contributed by atoms with Crippen LogP contribution in [0.1, 0.15) is 49.8 Å². The standard InChI is InChI=1S/C15H27N3/c1-11(2)18-12(3)10-15(14(18)5)13(4)17-8-6-16-7-9-17/h10-11,13,16H,6-9H2,1-5H3. The molecule has 3 heteroatoms. The minimum atomic E-state index is 0.533. The van der Waals surface area contributed by atoms with Crippen molar-refractivity contribution in [2.75, 3.05) is 26.2 Å². The summed E-state index contributed by atoms with van der Waals surface area (Å²) in [6.07, 6.45) is 0. The van der Waals surface area contributed by atoms with E-state index in [1.54, 1.807) is 0 Å². The summed E-state index contributed by atoms with van der Waals surface area (Å²) in [6.45, 7) is 15.9. The molecule has 0 aromatic carbocycles. The maximum absolute atomic E-state index is 3.42. The number of nitrogens with one attached hydrogen (secondary N) is 1. The SMILES string of the molecule is Cc1cc(C(C)N2CCNCC2)c(C)n1C(C)C. The summed E-state index contributed by atoms with van der Waals surface area (Å²) in [5.41, 5.74) is 4.33. The highest BCUT2D eigenvalue weighted by molar-refractivity contribution is 5.30. The molecule has 3 nitrogen and oxygen atoms in total. The van der Waals surface area contributed by atoms with Crippen molar-refractivity contribution in [3.63, 3.8) is 0 Å². The van der Waals surface area contributed by atoms with Crippen LogP contribution in [0.4, 0.5) is 0 Å². The Morgan fingerprint density at radius 3 is 2.22 bits per heavy atom. The Kier molecular flexibility index (Phi) is 4.13. The van der Waals surface area contributed by atoms with Gasteiger partial charge in [0.15, 0.2) is 0 Å². The van der Waals surface area contributed by atoms with Crippen molar-refractivity contribution in [2.45, 2.75) is 46.7 Å². The van der Waals surface area contributed by atoms with E-state index in [9.17, 15) is 0 Å². The summed E-state index contributed by atoms with van der Waals surface area (Å²) in [6, 6.07) is 3.46. The average Bonchev–Trinajstić information content (AvgIpc) is 2.65. The number of aromatic nitrogens is 1. The van der Waals surface area contributed by atoms with Crippen molar-refractivity contribution < 1.29 is 0 Å². The first kappa shape index (κ1) is 13.6. The van der Waals surface area contributed by atoms with Crippen molar-refractivity contribution in [1.29, 1.82) is 0 Å². The van der Waals surface area contributed by atoms with Gasteiger partial charge >= 0.3 is 0 Å². The molecule has 0 spiro atoms. The van der Waals surface area contributed by atoms with Crippen LogP contribution in [-0.4, -0.2) is 35.6 Å². The van der Waals surface area contributed by atoms with Crippen molar-refractivity contribution in [1.82, 2.24) is 14.8 Å². The Morgan fingerprint density at radius 2 is 1.72 bits per heavy atom. The van der Waals surface area contributed by atoms with Gasteiger partial charge in [0.2, 0.25) is 0 Å². The third kappa shape index (κ3) is 2.47. The summed E-state index contributed by atoms with van der Waals surface area (Å²) in [5.74, 6) is 0. The van der Waals surface area contributed by atoms with Gasteiger partial charge in [-0.05, 0) is 46.2 Å². The first-order valence-electron chi connectivity index (χ1n) is 7.15. The van der Waals surface area contributed by atoms with Gasteiger partial charge in [0, 0.05) is 49.7 Å². The van der Waals surface area contributed by atoms with Gasteiger partial charge < -0.3 is 9.88 Å². The lowest BCUT2D eigenvalue weighted by molar-refractivity contribution is 0.185. The minimum absolute atomic E-state index is 0.533. The molecule has 1 unspecified atom stereocenters. The highest BCUT2D eigenvalue weighted by Gasteiger charge is 2.22. The Hall–Kier alpha value is -0.800. The number of aryl methyl sites for hydroxylation is 1. The van der Waals surface area contributed by atoms with Crippen LogP contribution in [0.2, 0.25) is 0 Å². The summed E-state index contributed by atoms with van der Waals surface area (Å²) >= 11 is 0. The van der Waals surface area contributed by atoms with Gasteiger partial charge in [0.05, 0.1) is 0 Å². The quantitative estimate of drug-likeness (QED) is 0.888. The first-order chi connectivity index (χ1) is 8.52. The van der Waals surface area contributed by atoms with Crippen molar-refractivity contribution >= 4 is 0 Å². The van der Waals surface area contributed by atoms with Crippen LogP contribution in [0.15, 0.2) is 6.07 Å². The smallest absolute Gasteiger partial charge is 0.0338 e. The van der Waals surface area contributed by atoms with Gasteiger partial charge in [-0.3, -0.25) is 4.90 Å². The van der Waals surface area contributed by atoms with Crippen LogP contribution in [0, 0.1) is 13.8 Å². The Labute approximate surface area is 111 Å². The van der Waals surface area contributed by atoms with E-state index in [1.165, 1.54) is 17.0 Å². The Balaban J connectivity index is 2.24. The molecule has 1 fully saturated rings. The largest absolute Gasteiger partial charge is 0.346 e. The molecule has 102 valence electrons. The fraction of sp³-hybridized carbons (Fsp3) is 0.733. The van der Waals surface area contributed by atoms with E-state index < -0.39 is 0 Å². The zero-order valence-electron chi connectivity index (χ0n) is 12.5. The average molecular weight is 249 g/mol. The molecule has 2 rings (SSSR count). The summed E-state index contributed by atoms with van der Waals surface area (Å²) in [4.78, 5) is 2.59. The molecule has 0 amide bonds. The monoisotopic (exact) mass is 249 g/mol. The zero-order valence-corrected chi connectivity index (χ0v) is 12.5. The third-order valence-corrected chi connectivity index (χ3v) is 4.19. The van der Waals surface area contributed by atoms with Crippen LogP contribution in [0.25, 0.3) is 0 Å². The number of hydrogen-bond acceptors (Lipinski definition) is 2. The number of nitrogens with zero attached hydrogens (tertiary/aromatic N) is 2. The van der Waals surface area contributed by atoms with Crippen molar-refractivity contribution in [3.05, 3.63) is 23.0 Å². The van der Waals surface area contributed by atoms with Gasteiger partial charge in [-0.15, -0.1) is 0 Å². The molecule has 1 atom stereocenters. The van der Waals surface area contributed by atoms with Crippen LogP contribution in [-0.2, 0) is 0 Å². The predicted molar refractivity (Wildman–Crippen MR) is 77.1 cm³/mol. The molecule has 0 aliphatic carbocycles. The van der Waals surface area contributed by atoms with Crippen LogP contribution in [0.5, 0.6) is 0 Å². The highest BCUT2D eigenvalue weighted by Crippen LogP contribution is 2.28. The van der Waals surface area contributed by atoms with Gasteiger partial charge in [-0.1, -0.05) is 0 Å². The molecule has 1 N–H and O–H groups in total. The molecule has 18 heavy (non-hydrogen) atoms. The molecule has 1 aromatic rings. The van der Waals surface area contributed by atoms with E-state index in [0.29, 0.717) is 12.1 Å². The first-order valence-corrected chi connectivity index (χ1v) is 7.15. The van der Waals surface area contributed by atoms with Crippen LogP contribution in [0.3, 0.4) is 0 Å². The van der Waals surface area contributed by atoms with Gasteiger partial charge in [-0.25, -0.2) is 0 Å². The zero-order chi connectivity index (χ0) is 13.3. The summed E-state index contributed by atoms with van der Waals surface area (Å²) in [7, 11) is 0. The van der Waals surface area contributed by atoms with Gasteiger partial charge in [0.1, 0.15) is 0 Å². The lowest BCUT2D eigenvalue weighted by atomic mass is 10.1. The van der Waals surface area contributed by atoms with E-state index in [2.05, 4.69) is 55.5 Å². The molecule has 1 aliphatic rings. The highest BCUT2D eigenvalue weighted by atomic mass is 15.2. The van der Waals surface area contributed by atoms with E-state index in [1.807, 2.05) is 0 Å². The van der Waals surface area contributed by atoms with Crippen molar-refractivity contribution in [2.24, 2.45) is 0 Å². The molecule has 1 aliphatic heterocycles. The second-order valence-corrected chi connectivity index (χ2v) is 5.75. The Morgan fingerprint density at radius 1 is 1.11 bits per heavy atom.